The van der Waals surface area contributed by atoms with E-state index >= 15 is 0 Å². The zero-order valence-corrected chi connectivity index (χ0v) is 31.7. The first-order valence-corrected chi connectivity index (χ1v) is 19.3. The SMILES string of the molecule is CCC(C)[C@H](CC(=O)[C@@]1(NC(=O)[C@@H](CC(=O)Cc2ccccc2F)C(C)CC)CCc2[nH]c3c(C(F)(F)F)cccc3c2C1)C(=O)NCC1CCOCC1. The van der Waals surface area contributed by atoms with Crippen molar-refractivity contribution < 1.29 is 41.5 Å². The van der Waals surface area contributed by atoms with Gasteiger partial charge in [-0.15, -0.1) is 0 Å². The first kappa shape index (κ1) is 41.1. The molecule has 8 nitrogen and oxygen atoms in total. The van der Waals surface area contributed by atoms with Crippen LogP contribution in [0.1, 0.15) is 95.0 Å². The Hall–Kier alpha value is -4.06. The molecule has 3 N–H and O–H groups in total. The van der Waals surface area contributed by atoms with E-state index in [0.29, 0.717) is 49.2 Å². The van der Waals surface area contributed by atoms with Gasteiger partial charge in [0.2, 0.25) is 11.8 Å². The van der Waals surface area contributed by atoms with Gasteiger partial charge in [-0.25, -0.2) is 4.39 Å². The number of nitrogens with one attached hydrogen (secondary N) is 3. The van der Waals surface area contributed by atoms with E-state index in [9.17, 15) is 36.7 Å². The van der Waals surface area contributed by atoms with Crippen molar-refractivity contribution in [3.8, 4) is 0 Å². The average molecular weight is 756 g/mol. The number of aromatic amines is 1. The number of benzene rings is 2. The highest BCUT2D eigenvalue weighted by atomic mass is 19.4. The number of hydrogen-bond acceptors (Lipinski definition) is 5. The number of rotatable bonds is 16. The van der Waals surface area contributed by atoms with E-state index in [2.05, 4.69) is 15.6 Å². The number of H-pyrrole nitrogens is 1. The predicted octanol–water partition coefficient (Wildman–Crippen LogP) is 7.70. The maximum Gasteiger partial charge on any atom is 0.418 e. The minimum absolute atomic E-state index is 0.0780. The van der Waals surface area contributed by atoms with Crippen LogP contribution in [0.5, 0.6) is 0 Å². The molecule has 1 aliphatic heterocycles. The fourth-order valence-electron chi connectivity index (χ4n) is 8.02. The Labute approximate surface area is 314 Å². The van der Waals surface area contributed by atoms with Gasteiger partial charge in [-0.2, -0.15) is 13.2 Å². The Kier molecular flexibility index (Phi) is 13.4. The average Bonchev–Trinajstić information content (AvgIpc) is 3.52. The molecule has 0 spiro atoms. The zero-order valence-electron chi connectivity index (χ0n) is 31.7. The maximum atomic E-state index is 14.8. The van der Waals surface area contributed by atoms with Crippen LogP contribution >= 0.6 is 0 Å². The third-order valence-corrected chi connectivity index (χ3v) is 12.0. The Morgan fingerprint density at radius 2 is 1.59 bits per heavy atom. The molecule has 294 valence electrons. The van der Waals surface area contributed by atoms with Gasteiger partial charge in [0.25, 0.3) is 0 Å². The summed E-state index contributed by atoms with van der Waals surface area (Å²) in [6.07, 6.45) is -2.18. The molecule has 1 aliphatic carbocycles. The van der Waals surface area contributed by atoms with E-state index in [1.54, 1.807) is 12.1 Å². The van der Waals surface area contributed by atoms with Crippen molar-refractivity contribution >= 4 is 34.3 Å². The van der Waals surface area contributed by atoms with Crippen LogP contribution in [0, 0.1) is 35.4 Å². The van der Waals surface area contributed by atoms with Gasteiger partial charge in [0, 0.05) is 68.4 Å². The minimum Gasteiger partial charge on any atom is -0.381 e. The number of Topliss-reactive ketones (excluding diaryl/α,β-unsaturated/α-hetero) is 2. The Morgan fingerprint density at radius 1 is 0.926 bits per heavy atom. The summed E-state index contributed by atoms with van der Waals surface area (Å²) in [5, 5.41) is 6.44. The summed E-state index contributed by atoms with van der Waals surface area (Å²) in [5.41, 5.74) is -1.16. The molecule has 2 unspecified atom stereocenters. The fraction of sp³-hybridized carbons (Fsp3) is 0.571. The second-order valence-electron chi connectivity index (χ2n) is 15.5. The first-order chi connectivity index (χ1) is 25.7. The molecule has 12 heteroatoms. The lowest BCUT2D eigenvalue weighted by molar-refractivity contribution is -0.139. The molecular formula is C42H53F4N3O5. The van der Waals surface area contributed by atoms with E-state index < -0.39 is 40.8 Å². The van der Waals surface area contributed by atoms with Crippen molar-refractivity contribution in [2.45, 2.75) is 104 Å². The third kappa shape index (κ3) is 9.41. The maximum absolute atomic E-state index is 14.8. The predicted molar refractivity (Wildman–Crippen MR) is 198 cm³/mol. The molecule has 2 heterocycles. The van der Waals surface area contributed by atoms with Crippen molar-refractivity contribution in [2.75, 3.05) is 19.8 Å². The van der Waals surface area contributed by atoms with Crippen LogP contribution in [0.15, 0.2) is 42.5 Å². The summed E-state index contributed by atoms with van der Waals surface area (Å²) < 4.78 is 62.1. The minimum atomic E-state index is -4.62. The summed E-state index contributed by atoms with van der Waals surface area (Å²) in [5.74, 6) is -3.76. The van der Waals surface area contributed by atoms with Crippen molar-refractivity contribution in [3.05, 3.63) is 70.7 Å². The van der Waals surface area contributed by atoms with Gasteiger partial charge in [0.15, 0.2) is 5.78 Å². The second-order valence-corrected chi connectivity index (χ2v) is 15.5. The smallest absolute Gasteiger partial charge is 0.381 e. The third-order valence-electron chi connectivity index (χ3n) is 12.0. The lowest BCUT2D eigenvalue weighted by atomic mass is 9.72. The van der Waals surface area contributed by atoms with Crippen LogP contribution in [0.2, 0.25) is 0 Å². The van der Waals surface area contributed by atoms with Crippen molar-refractivity contribution in [2.24, 2.45) is 29.6 Å². The highest BCUT2D eigenvalue weighted by Crippen LogP contribution is 2.41. The summed E-state index contributed by atoms with van der Waals surface area (Å²) in [6, 6.07) is 9.89. The quantitative estimate of drug-likeness (QED) is 0.130. The van der Waals surface area contributed by atoms with Crippen molar-refractivity contribution in [1.82, 2.24) is 15.6 Å². The molecule has 1 aromatic heterocycles. The molecule has 0 saturated carbocycles. The highest BCUT2D eigenvalue weighted by Gasteiger charge is 2.47. The molecule has 0 radical (unpaired) electrons. The Bertz CT molecular complexity index is 1820. The van der Waals surface area contributed by atoms with Gasteiger partial charge in [0.1, 0.15) is 17.1 Å². The number of alkyl halides is 3. The number of ketones is 2. The van der Waals surface area contributed by atoms with Gasteiger partial charge in [0.05, 0.1) is 11.1 Å². The number of halogens is 4. The second kappa shape index (κ2) is 17.6. The lowest BCUT2D eigenvalue weighted by Gasteiger charge is -2.39. The lowest BCUT2D eigenvalue weighted by Crippen LogP contribution is -2.60. The summed E-state index contributed by atoms with van der Waals surface area (Å²) in [4.78, 5) is 59.3. The first-order valence-electron chi connectivity index (χ1n) is 19.3. The highest BCUT2D eigenvalue weighted by molar-refractivity contribution is 5.99. The van der Waals surface area contributed by atoms with Crippen LogP contribution in [0.25, 0.3) is 10.9 Å². The number of fused-ring (bicyclic) bond motifs is 3. The largest absolute Gasteiger partial charge is 0.418 e. The summed E-state index contributed by atoms with van der Waals surface area (Å²) >= 11 is 0. The molecule has 5 atom stereocenters. The van der Waals surface area contributed by atoms with E-state index in [1.165, 1.54) is 24.3 Å². The monoisotopic (exact) mass is 755 g/mol. The van der Waals surface area contributed by atoms with Crippen LogP contribution in [-0.4, -0.2) is 53.7 Å². The molecule has 3 aromatic rings. The van der Waals surface area contributed by atoms with Gasteiger partial charge >= 0.3 is 6.18 Å². The molecular weight excluding hydrogens is 702 g/mol. The normalized spacial score (nSPS) is 20.1. The summed E-state index contributed by atoms with van der Waals surface area (Å²) in [7, 11) is 0. The van der Waals surface area contributed by atoms with Gasteiger partial charge in [-0.05, 0) is 66.7 Å². The number of aryl methyl sites for hydroxylation is 1. The van der Waals surface area contributed by atoms with Gasteiger partial charge < -0.3 is 20.4 Å². The molecule has 1 saturated heterocycles. The van der Waals surface area contributed by atoms with Gasteiger partial charge in [-0.1, -0.05) is 70.9 Å². The number of para-hydroxylation sites is 1. The van der Waals surface area contributed by atoms with Crippen LogP contribution in [-0.2, 0) is 49.4 Å². The number of aromatic nitrogens is 1. The number of carbonyl (C=O) groups is 4. The van der Waals surface area contributed by atoms with E-state index in [0.717, 1.165) is 18.9 Å². The van der Waals surface area contributed by atoms with Gasteiger partial charge in [-0.3, -0.25) is 19.2 Å². The molecule has 1 fully saturated rings. The molecule has 2 aromatic carbocycles. The number of carbonyl (C=O) groups excluding carboxylic acids is 4. The Balaban J connectivity index is 1.47. The van der Waals surface area contributed by atoms with E-state index in [4.69, 9.17) is 4.74 Å². The standard InChI is InChI=1S/C42H53F4N3O5/c1-5-25(3)31(21-29(50)20-28-10-7-8-13-35(28)43)40(53)49-41(17-14-36-33(23-41)30-11-9-12-34(38(30)48-36)42(44,45)46)37(51)22-32(26(4)6-2)39(52)47-24-27-15-18-54-19-16-27/h7-13,25-27,31-32,48H,5-6,14-24H2,1-4H3,(H,47,52)(H,49,53)/t25?,26?,31-,32-,41+/m0/s1. The number of hydrogen-bond donors (Lipinski definition) is 3. The number of ether oxygens (including phenoxy) is 1. The fourth-order valence-corrected chi connectivity index (χ4v) is 8.02. The molecule has 54 heavy (non-hydrogen) atoms. The van der Waals surface area contributed by atoms with Crippen LogP contribution in [0.3, 0.4) is 0 Å². The van der Waals surface area contributed by atoms with E-state index in [1.807, 2.05) is 27.7 Å². The summed E-state index contributed by atoms with van der Waals surface area (Å²) in [6.45, 7) is 9.30. The molecule has 2 aliphatic rings. The van der Waals surface area contributed by atoms with Crippen LogP contribution < -0.4 is 10.6 Å². The van der Waals surface area contributed by atoms with Crippen molar-refractivity contribution in [3.63, 3.8) is 0 Å². The molecule has 2 amide bonds. The zero-order chi connectivity index (χ0) is 39.2. The Morgan fingerprint density at radius 3 is 2.24 bits per heavy atom. The molecule has 0 bridgehead atoms. The van der Waals surface area contributed by atoms with E-state index in [-0.39, 0.29) is 84.8 Å². The topological polar surface area (TPSA) is 117 Å². The van der Waals surface area contributed by atoms with Crippen molar-refractivity contribution in [1.29, 1.82) is 0 Å². The van der Waals surface area contributed by atoms with Crippen LogP contribution in [0.4, 0.5) is 17.6 Å². The molecule has 5 rings (SSSR count). The number of amides is 2.